The molecule has 0 bridgehead atoms. The topological polar surface area (TPSA) is 54.3 Å². The first kappa shape index (κ1) is 20.4. The van der Waals surface area contributed by atoms with Gasteiger partial charge in [-0.1, -0.05) is 48.5 Å². The molecule has 0 fully saturated rings. The average molecular weight is 389 g/mol. The van der Waals surface area contributed by atoms with Gasteiger partial charge < -0.3 is 14.8 Å². The number of nitrogens with one attached hydrogen (secondary N) is 1. The van der Waals surface area contributed by atoms with Crippen LogP contribution in [0.15, 0.2) is 79.0 Å². The number of amides is 2. The molecule has 0 aliphatic heterocycles. The Hall–Kier alpha value is -3.34. The molecule has 2 aromatic carbocycles. The summed E-state index contributed by atoms with van der Waals surface area (Å²) in [5, 5.41) is 2.98. The van der Waals surface area contributed by atoms with E-state index in [1.807, 2.05) is 74.9 Å². The van der Waals surface area contributed by atoms with Crippen LogP contribution in [0.1, 0.15) is 32.8 Å². The number of hydrogen-bond acceptors (Lipinski definition) is 2. The van der Waals surface area contributed by atoms with E-state index in [0.717, 1.165) is 6.42 Å². The Balaban J connectivity index is 1.68. The first-order valence-corrected chi connectivity index (χ1v) is 9.82. The minimum atomic E-state index is -0.104. The summed E-state index contributed by atoms with van der Waals surface area (Å²) in [6.45, 7) is 0.494. The lowest BCUT2D eigenvalue weighted by molar-refractivity contribution is 0.0723. The Kier molecular flexibility index (Phi) is 6.85. The average Bonchev–Trinajstić information content (AvgIpc) is 3.19. The van der Waals surface area contributed by atoms with Crippen LogP contribution in [-0.4, -0.2) is 40.9 Å². The molecule has 1 N–H and O–H groups in total. The summed E-state index contributed by atoms with van der Waals surface area (Å²) >= 11 is 0. The van der Waals surface area contributed by atoms with Gasteiger partial charge in [0.05, 0.1) is 0 Å². The first-order chi connectivity index (χ1) is 14.1. The van der Waals surface area contributed by atoms with Gasteiger partial charge in [-0.05, 0) is 42.7 Å². The quantitative estimate of drug-likeness (QED) is 0.641. The third-order valence-corrected chi connectivity index (χ3v) is 5.14. The van der Waals surface area contributed by atoms with E-state index in [2.05, 4.69) is 17.4 Å². The fraction of sp³-hybridized carbons (Fsp3) is 0.250. The molecule has 0 aliphatic carbocycles. The number of aryl methyl sites for hydroxylation is 1. The van der Waals surface area contributed by atoms with Gasteiger partial charge in [-0.2, -0.15) is 0 Å². The molecule has 0 saturated carbocycles. The lowest BCUT2D eigenvalue weighted by Crippen LogP contribution is -2.41. The van der Waals surface area contributed by atoms with Gasteiger partial charge in [0, 0.05) is 38.4 Å². The monoisotopic (exact) mass is 389 g/mol. The zero-order chi connectivity index (χ0) is 20.6. The lowest BCUT2D eigenvalue weighted by Gasteiger charge is -2.29. The Morgan fingerprint density at radius 2 is 1.62 bits per heavy atom. The molecule has 2 amide bonds. The van der Waals surface area contributed by atoms with Gasteiger partial charge in [-0.3, -0.25) is 9.59 Å². The zero-order valence-electron chi connectivity index (χ0n) is 16.9. The number of hydrogen-bond donors (Lipinski definition) is 1. The van der Waals surface area contributed by atoms with Gasteiger partial charge in [-0.15, -0.1) is 0 Å². The summed E-state index contributed by atoms with van der Waals surface area (Å²) in [6, 6.07) is 23.0. The van der Waals surface area contributed by atoms with Crippen molar-refractivity contribution in [3.8, 4) is 0 Å². The number of rotatable bonds is 8. The molecule has 1 aromatic heterocycles. The van der Waals surface area contributed by atoms with Crippen LogP contribution in [0.3, 0.4) is 0 Å². The second kappa shape index (κ2) is 9.73. The fourth-order valence-electron chi connectivity index (χ4n) is 3.41. The maximum Gasteiger partial charge on any atom is 0.267 e. The highest BCUT2D eigenvalue weighted by Crippen LogP contribution is 2.14. The molecule has 5 nitrogen and oxygen atoms in total. The van der Waals surface area contributed by atoms with Gasteiger partial charge in [0.15, 0.2) is 0 Å². The number of carbonyl (C=O) groups excluding carboxylic acids is 2. The highest BCUT2D eigenvalue weighted by Gasteiger charge is 2.22. The van der Waals surface area contributed by atoms with E-state index in [1.165, 1.54) is 5.56 Å². The van der Waals surface area contributed by atoms with Crippen molar-refractivity contribution in [3.63, 3.8) is 0 Å². The highest BCUT2D eigenvalue weighted by atomic mass is 16.2. The van der Waals surface area contributed by atoms with Crippen molar-refractivity contribution >= 4 is 11.8 Å². The number of nitrogens with zero attached hydrogens (tertiary/aromatic N) is 2. The minimum absolute atomic E-state index is 0.0136. The number of likely N-dealkylation sites (N-methyl/N-ethyl adjacent to an activating group) is 1. The molecule has 5 heteroatoms. The van der Waals surface area contributed by atoms with Gasteiger partial charge in [-0.25, -0.2) is 0 Å². The summed E-state index contributed by atoms with van der Waals surface area (Å²) in [5.74, 6) is -0.117. The van der Waals surface area contributed by atoms with Crippen molar-refractivity contribution in [1.82, 2.24) is 14.8 Å². The summed E-state index contributed by atoms with van der Waals surface area (Å²) in [6.07, 6.45) is 3.25. The molecule has 3 aromatic rings. The van der Waals surface area contributed by atoms with E-state index < -0.39 is 0 Å². The summed E-state index contributed by atoms with van der Waals surface area (Å²) in [5.41, 5.74) is 2.46. The standard InChI is InChI=1S/C24H27N3O2/c1-26-17-9-14-22(26)23(28)25-16-15-21(18-19-10-5-3-6-11-19)27(2)24(29)20-12-7-4-8-13-20/h3-14,17,21H,15-16,18H2,1-2H3,(H,25,28). The first-order valence-electron chi connectivity index (χ1n) is 9.82. The largest absolute Gasteiger partial charge is 0.351 e. The minimum Gasteiger partial charge on any atom is -0.351 e. The summed E-state index contributed by atoms with van der Waals surface area (Å²) in [4.78, 5) is 27.1. The van der Waals surface area contributed by atoms with Crippen LogP contribution in [0, 0.1) is 0 Å². The van der Waals surface area contributed by atoms with Crippen molar-refractivity contribution in [2.75, 3.05) is 13.6 Å². The Labute approximate surface area is 172 Å². The van der Waals surface area contributed by atoms with E-state index in [-0.39, 0.29) is 17.9 Å². The van der Waals surface area contributed by atoms with E-state index in [4.69, 9.17) is 0 Å². The summed E-state index contributed by atoms with van der Waals surface area (Å²) in [7, 11) is 3.68. The van der Waals surface area contributed by atoms with Crippen LogP contribution >= 0.6 is 0 Å². The van der Waals surface area contributed by atoms with Crippen LogP contribution in [0.4, 0.5) is 0 Å². The van der Waals surface area contributed by atoms with E-state index >= 15 is 0 Å². The predicted octanol–water partition coefficient (Wildman–Crippen LogP) is 3.53. The van der Waals surface area contributed by atoms with E-state index in [1.54, 1.807) is 15.5 Å². The zero-order valence-corrected chi connectivity index (χ0v) is 16.9. The van der Waals surface area contributed by atoms with E-state index in [9.17, 15) is 9.59 Å². The molecule has 0 aliphatic rings. The predicted molar refractivity (Wildman–Crippen MR) is 115 cm³/mol. The number of aromatic nitrogens is 1. The van der Waals surface area contributed by atoms with Crippen molar-refractivity contribution < 1.29 is 9.59 Å². The smallest absolute Gasteiger partial charge is 0.267 e. The molecule has 0 radical (unpaired) electrons. The van der Waals surface area contributed by atoms with Crippen LogP contribution in [0.5, 0.6) is 0 Å². The Bertz CT molecular complexity index is 935. The normalized spacial score (nSPS) is 11.7. The summed E-state index contributed by atoms with van der Waals surface area (Å²) < 4.78 is 1.79. The molecule has 1 unspecified atom stereocenters. The molecular formula is C24H27N3O2. The fourth-order valence-corrected chi connectivity index (χ4v) is 3.41. The molecule has 150 valence electrons. The van der Waals surface area contributed by atoms with Crippen molar-refractivity contribution in [1.29, 1.82) is 0 Å². The van der Waals surface area contributed by atoms with Crippen LogP contribution in [-0.2, 0) is 13.5 Å². The second-order valence-electron chi connectivity index (χ2n) is 7.17. The van der Waals surface area contributed by atoms with Crippen molar-refractivity contribution in [2.24, 2.45) is 7.05 Å². The molecule has 1 atom stereocenters. The van der Waals surface area contributed by atoms with Gasteiger partial charge in [0.1, 0.15) is 5.69 Å². The van der Waals surface area contributed by atoms with Crippen molar-refractivity contribution in [3.05, 3.63) is 95.8 Å². The SMILES string of the molecule is CN(C(=O)c1ccccc1)C(CCNC(=O)c1cccn1C)Cc1ccccc1. The third-order valence-electron chi connectivity index (χ3n) is 5.14. The maximum absolute atomic E-state index is 12.9. The third kappa shape index (κ3) is 5.35. The molecule has 1 heterocycles. The van der Waals surface area contributed by atoms with Crippen LogP contribution in [0.2, 0.25) is 0 Å². The van der Waals surface area contributed by atoms with Crippen LogP contribution < -0.4 is 5.32 Å². The lowest BCUT2D eigenvalue weighted by atomic mass is 10.0. The Morgan fingerprint density at radius 1 is 0.966 bits per heavy atom. The van der Waals surface area contributed by atoms with E-state index in [0.29, 0.717) is 24.2 Å². The molecule has 3 rings (SSSR count). The highest BCUT2D eigenvalue weighted by molar-refractivity contribution is 5.94. The Morgan fingerprint density at radius 3 is 2.24 bits per heavy atom. The number of carbonyl (C=O) groups is 2. The van der Waals surface area contributed by atoms with Gasteiger partial charge >= 0.3 is 0 Å². The van der Waals surface area contributed by atoms with Gasteiger partial charge in [0.25, 0.3) is 11.8 Å². The molecule has 0 saturated heterocycles. The van der Waals surface area contributed by atoms with Crippen LogP contribution in [0.25, 0.3) is 0 Å². The van der Waals surface area contributed by atoms with Crippen molar-refractivity contribution in [2.45, 2.75) is 18.9 Å². The number of benzene rings is 2. The molecular weight excluding hydrogens is 362 g/mol. The van der Waals surface area contributed by atoms with Gasteiger partial charge in [0.2, 0.25) is 0 Å². The molecule has 0 spiro atoms. The maximum atomic E-state index is 12.9. The second-order valence-corrected chi connectivity index (χ2v) is 7.17. The molecule has 29 heavy (non-hydrogen) atoms.